The second-order valence-electron chi connectivity index (χ2n) is 9.95. The average Bonchev–Trinajstić information content (AvgIpc) is 2.80. The number of hydrogen-bond donors (Lipinski definition) is 0. The highest BCUT2D eigenvalue weighted by Gasteiger charge is 2.25. The van der Waals surface area contributed by atoms with Gasteiger partial charge in [-0.2, -0.15) is 0 Å². The predicted molar refractivity (Wildman–Crippen MR) is 127 cm³/mol. The molecular formula is C28H46O2. The minimum atomic E-state index is -0.162. The molecule has 1 heterocycles. The van der Waals surface area contributed by atoms with Crippen molar-refractivity contribution in [2.24, 2.45) is 11.8 Å². The third kappa shape index (κ3) is 7.68. The Bertz CT molecular complexity index is 551. The van der Waals surface area contributed by atoms with Gasteiger partial charge in [-0.15, -0.1) is 0 Å². The Balaban J connectivity index is 1.36. The molecule has 0 atom stereocenters. The topological polar surface area (TPSA) is 18.5 Å². The van der Waals surface area contributed by atoms with E-state index < -0.39 is 0 Å². The second-order valence-corrected chi connectivity index (χ2v) is 9.95. The van der Waals surface area contributed by atoms with E-state index in [0.717, 1.165) is 25.0 Å². The van der Waals surface area contributed by atoms with Gasteiger partial charge in [-0.25, -0.2) is 0 Å². The smallest absolute Gasteiger partial charge is 0.183 e. The molecule has 0 N–H and O–H groups in total. The van der Waals surface area contributed by atoms with Gasteiger partial charge in [-0.05, 0) is 49.5 Å². The third-order valence-corrected chi connectivity index (χ3v) is 7.43. The van der Waals surface area contributed by atoms with E-state index in [0.29, 0.717) is 5.92 Å². The lowest BCUT2D eigenvalue weighted by Gasteiger charge is -2.31. The Hall–Kier alpha value is -0.860. The molecule has 1 saturated carbocycles. The van der Waals surface area contributed by atoms with E-state index in [-0.39, 0.29) is 6.29 Å². The maximum Gasteiger partial charge on any atom is 0.183 e. The van der Waals surface area contributed by atoms with Crippen LogP contribution in [0.3, 0.4) is 0 Å². The standard InChI is InChI=1S/C28H46O2/c1-3-5-7-8-10-11-23-13-15-25(16-14-23)26-17-19-27(20-18-26)28-29-21-24(22-30-28)12-9-6-4-2/h17-20,23-25,28H,3-16,21-22H2,1-2H3/t23?,24-,25?,28-. The molecule has 2 fully saturated rings. The molecule has 0 spiro atoms. The van der Waals surface area contributed by atoms with Crippen LogP contribution in [0.1, 0.15) is 127 Å². The van der Waals surface area contributed by atoms with E-state index in [9.17, 15) is 0 Å². The van der Waals surface area contributed by atoms with Crippen LogP contribution < -0.4 is 0 Å². The van der Waals surface area contributed by atoms with Crippen LogP contribution in [0.25, 0.3) is 0 Å². The lowest BCUT2D eigenvalue weighted by atomic mass is 9.77. The van der Waals surface area contributed by atoms with Gasteiger partial charge in [-0.3, -0.25) is 0 Å². The summed E-state index contributed by atoms with van der Waals surface area (Å²) in [6.07, 6.45) is 19.1. The zero-order valence-corrected chi connectivity index (χ0v) is 19.7. The summed E-state index contributed by atoms with van der Waals surface area (Å²) in [5.74, 6) is 2.32. The lowest BCUT2D eigenvalue weighted by molar-refractivity contribution is -0.206. The number of unbranched alkanes of at least 4 members (excludes halogenated alkanes) is 6. The maximum absolute atomic E-state index is 6.05. The third-order valence-electron chi connectivity index (χ3n) is 7.43. The van der Waals surface area contributed by atoms with Gasteiger partial charge in [0.15, 0.2) is 6.29 Å². The number of rotatable bonds is 12. The highest BCUT2D eigenvalue weighted by Crippen LogP contribution is 2.38. The highest BCUT2D eigenvalue weighted by molar-refractivity contribution is 5.26. The van der Waals surface area contributed by atoms with Crippen molar-refractivity contribution < 1.29 is 9.47 Å². The lowest BCUT2D eigenvalue weighted by Crippen LogP contribution is -2.27. The van der Waals surface area contributed by atoms with Crippen LogP contribution in [-0.2, 0) is 9.47 Å². The Morgan fingerprint density at radius 2 is 1.17 bits per heavy atom. The minimum absolute atomic E-state index is 0.162. The van der Waals surface area contributed by atoms with Gasteiger partial charge in [0.25, 0.3) is 0 Å². The van der Waals surface area contributed by atoms with Crippen LogP contribution in [0.4, 0.5) is 0 Å². The molecule has 1 aromatic rings. The summed E-state index contributed by atoms with van der Waals surface area (Å²) in [4.78, 5) is 0. The first-order chi connectivity index (χ1) is 14.8. The fourth-order valence-electron chi connectivity index (χ4n) is 5.33. The van der Waals surface area contributed by atoms with Crippen molar-refractivity contribution >= 4 is 0 Å². The van der Waals surface area contributed by atoms with Gasteiger partial charge >= 0.3 is 0 Å². The summed E-state index contributed by atoms with van der Waals surface area (Å²) in [6, 6.07) is 9.17. The van der Waals surface area contributed by atoms with Crippen LogP contribution in [0.5, 0.6) is 0 Å². The van der Waals surface area contributed by atoms with Gasteiger partial charge in [0.05, 0.1) is 13.2 Å². The molecular weight excluding hydrogens is 368 g/mol. The molecule has 0 bridgehead atoms. The van der Waals surface area contributed by atoms with E-state index in [2.05, 4.69) is 38.1 Å². The molecule has 1 aliphatic carbocycles. The summed E-state index contributed by atoms with van der Waals surface area (Å²) in [5.41, 5.74) is 2.71. The monoisotopic (exact) mass is 414 g/mol. The van der Waals surface area contributed by atoms with Crippen LogP contribution >= 0.6 is 0 Å². The molecule has 2 heteroatoms. The summed E-state index contributed by atoms with van der Waals surface area (Å²) < 4.78 is 12.1. The molecule has 1 saturated heterocycles. The van der Waals surface area contributed by atoms with Crippen LogP contribution in [0.2, 0.25) is 0 Å². The van der Waals surface area contributed by atoms with E-state index in [1.807, 2.05) is 0 Å². The first-order valence-electron chi connectivity index (χ1n) is 13.1. The number of hydrogen-bond acceptors (Lipinski definition) is 2. The molecule has 0 unspecified atom stereocenters. The van der Waals surface area contributed by atoms with Crippen molar-refractivity contribution in [1.29, 1.82) is 0 Å². The van der Waals surface area contributed by atoms with E-state index in [1.165, 1.54) is 101 Å². The van der Waals surface area contributed by atoms with Crippen molar-refractivity contribution in [3.63, 3.8) is 0 Å². The molecule has 0 radical (unpaired) electrons. The molecule has 3 rings (SSSR count). The average molecular weight is 415 g/mol. The maximum atomic E-state index is 6.05. The SMILES string of the molecule is CCCCCCCC1CCC(c2ccc([C@H]3OC[C@H](CCCCC)CO3)cc2)CC1. The van der Waals surface area contributed by atoms with Crippen molar-refractivity contribution in [2.45, 2.75) is 116 Å². The van der Waals surface area contributed by atoms with Crippen molar-refractivity contribution in [3.05, 3.63) is 35.4 Å². The van der Waals surface area contributed by atoms with Crippen LogP contribution in [-0.4, -0.2) is 13.2 Å². The first-order valence-corrected chi connectivity index (χ1v) is 13.1. The van der Waals surface area contributed by atoms with E-state index in [1.54, 1.807) is 0 Å². The molecule has 1 aliphatic heterocycles. The quantitative estimate of drug-likeness (QED) is 0.319. The van der Waals surface area contributed by atoms with E-state index in [4.69, 9.17) is 9.47 Å². The highest BCUT2D eigenvalue weighted by atomic mass is 16.7. The Labute approximate surface area is 186 Å². The Morgan fingerprint density at radius 3 is 1.83 bits per heavy atom. The molecule has 30 heavy (non-hydrogen) atoms. The van der Waals surface area contributed by atoms with Gasteiger partial charge < -0.3 is 9.47 Å². The van der Waals surface area contributed by atoms with Gasteiger partial charge in [0, 0.05) is 11.5 Å². The summed E-state index contributed by atoms with van der Waals surface area (Å²) >= 11 is 0. The summed E-state index contributed by atoms with van der Waals surface area (Å²) in [7, 11) is 0. The van der Waals surface area contributed by atoms with Crippen LogP contribution in [0.15, 0.2) is 24.3 Å². The van der Waals surface area contributed by atoms with Gasteiger partial charge in [0.1, 0.15) is 0 Å². The Kier molecular flexibility index (Phi) is 10.7. The summed E-state index contributed by atoms with van der Waals surface area (Å²) in [6.45, 7) is 6.25. The molecule has 2 aliphatic rings. The number of ether oxygens (including phenoxy) is 2. The van der Waals surface area contributed by atoms with Crippen molar-refractivity contribution in [2.75, 3.05) is 13.2 Å². The zero-order valence-electron chi connectivity index (χ0n) is 19.7. The normalized spacial score (nSPS) is 27.3. The van der Waals surface area contributed by atoms with Crippen LogP contribution in [0, 0.1) is 11.8 Å². The molecule has 1 aromatic carbocycles. The van der Waals surface area contributed by atoms with Gasteiger partial charge in [-0.1, -0.05) is 95.9 Å². The van der Waals surface area contributed by atoms with Crippen molar-refractivity contribution in [3.8, 4) is 0 Å². The molecule has 0 amide bonds. The Morgan fingerprint density at radius 1 is 0.633 bits per heavy atom. The molecule has 0 aromatic heterocycles. The fourth-order valence-corrected chi connectivity index (χ4v) is 5.33. The van der Waals surface area contributed by atoms with Gasteiger partial charge in [0.2, 0.25) is 0 Å². The molecule has 170 valence electrons. The number of benzene rings is 1. The van der Waals surface area contributed by atoms with Crippen molar-refractivity contribution in [1.82, 2.24) is 0 Å². The zero-order chi connectivity index (χ0) is 21.0. The minimum Gasteiger partial charge on any atom is -0.348 e. The predicted octanol–water partition coefficient (Wildman–Crippen LogP) is 8.56. The van der Waals surface area contributed by atoms with E-state index >= 15 is 0 Å². The molecule has 2 nitrogen and oxygen atoms in total. The largest absolute Gasteiger partial charge is 0.348 e. The second kappa shape index (κ2) is 13.5. The summed E-state index contributed by atoms with van der Waals surface area (Å²) in [5, 5.41) is 0. The first kappa shape index (κ1) is 23.8. The fraction of sp³-hybridized carbons (Fsp3) is 0.786.